The van der Waals surface area contributed by atoms with E-state index in [0.29, 0.717) is 19.8 Å². The van der Waals surface area contributed by atoms with E-state index in [2.05, 4.69) is 5.32 Å². The number of nitrogens with one attached hydrogen (secondary N) is 1. The summed E-state index contributed by atoms with van der Waals surface area (Å²) in [5.74, 6) is -2.05. The molecule has 3 rings (SSSR count). The van der Waals surface area contributed by atoms with E-state index in [0.717, 1.165) is 16.7 Å². The van der Waals surface area contributed by atoms with Crippen LogP contribution < -0.4 is 5.32 Å². The normalized spacial score (nSPS) is 37.2. The van der Waals surface area contributed by atoms with Crippen LogP contribution in [0.5, 0.6) is 0 Å². The number of aliphatic carboxylic acids is 1. The van der Waals surface area contributed by atoms with E-state index in [4.69, 9.17) is 0 Å². The third kappa shape index (κ3) is 1.23. The smallest absolute Gasteiger partial charge is 0.344 e. The zero-order valence-corrected chi connectivity index (χ0v) is 9.70. The number of thioether (sulfide) groups is 1. The Labute approximate surface area is 101 Å². The summed E-state index contributed by atoms with van der Waals surface area (Å²) in [7, 11) is 0. The minimum Gasteiger partial charge on any atom is -0.479 e. The van der Waals surface area contributed by atoms with Gasteiger partial charge in [-0.15, -0.1) is 0 Å². The molecule has 3 fully saturated rings. The predicted molar refractivity (Wildman–Crippen MR) is 57.8 cm³/mol. The summed E-state index contributed by atoms with van der Waals surface area (Å²) >= 11 is 1.07. The highest BCUT2D eigenvalue weighted by atomic mass is 32.2. The molecule has 0 aromatic carbocycles. The number of rotatable bonds is 2. The Kier molecular flexibility index (Phi) is 2.22. The molecule has 3 aliphatic rings. The topological polar surface area (TPSA) is 90.0 Å². The van der Waals surface area contributed by atoms with Gasteiger partial charge in [0, 0.05) is 13.1 Å². The second-order valence-electron chi connectivity index (χ2n) is 4.22. The first-order valence-electron chi connectivity index (χ1n) is 5.31. The first kappa shape index (κ1) is 11.0. The third-order valence-corrected chi connectivity index (χ3v) is 4.92. The quantitative estimate of drug-likeness (QED) is 0.352. The lowest BCUT2D eigenvalue weighted by Gasteiger charge is -2.31. The van der Waals surface area contributed by atoms with Crippen LogP contribution in [0, 0.1) is 0 Å². The van der Waals surface area contributed by atoms with Gasteiger partial charge >= 0.3 is 5.97 Å². The van der Waals surface area contributed by atoms with E-state index in [1.54, 1.807) is 4.90 Å². The van der Waals surface area contributed by atoms with Gasteiger partial charge in [-0.3, -0.25) is 19.4 Å². The van der Waals surface area contributed by atoms with Crippen molar-refractivity contribution in [1.29, 1.82) is 0 Å². The van der Waals surface area contributed by atoms with Crippen LogP contribution in [0.25, 0.3) is 0 Å². The lowest BCUT2D eigenvalue weighted by molar-refractivity contribution is -0.161. The van der Waals surface area contributed by atoms with Crippen LogP contribution >= 0.6 is 11.8 Å². The molecule has 0 aliphatic carbocycles. The summed E-state index contributed by atoms with van der Waals surface area (Å²) in [5, 5.41) is 12.1. The molecule has 2 unspecified atom stereocenters. The molecule has 3 heterocycles. The molecule has 0 aromatic rings. The molecule has 2 amide bonds. The molecule has 7 nitrogen and oxygen atoms in total. The Morgan fingerprint density at radius 1 is 1.53 bits per heavy atom. The van der Waals surface area contributed by atoms with Crippen LogP contribution in [0.4, 0.5) is 0 Å². The number of amides is 2. The largest absolute Gasteiger partial charge is 0.479 e. The molecule has 0 radical (unpaired) electrons. The Bertz CT molecular complexity index is 422. The Morgan fingerprint density at radius 3 is 2.76 bits per heavy atom. The van der Waals surface area contributed by atoms with Gasteiger partial charge in [-0.25, -0.2) is 4.79 Å². The van der Waals surface area contributed by atoms with E-state index in [1.165, 1.54) is 0 Å². The van der Waals surface area contributed by atoms with Crippen molar-refractivity contribution >= 4 is 29.5 Å². The van der Waals surface area contributed by atoms with Crippen molar-refractivity contribution in [2.45, 2.75) is 16.7 Å². The second-order valence-corrected chi connectivity index (χ2v) is 5.59. The maximum Gasteiger partial charge on any atom is 0.344 e. The van der Waals surface area contributed by atoms with Crippen LogP contribution in [0.15, 0.2) is 0 Å². The fourth-order valence-electron chi connectivity index (χ4n) is 2.40. The number of hydrogen-bond donors (Lipinski definition) is 2. The number of carboxylic acid groups (broad SMARTS) is 1. The molecule has 3 aliphatic heterocycles. The molecule has 3 saturated heterocycles. The molecule has 0 spiro atoms. The van der Waals surface area contributed by atoms with Gasteiger partial charge < -0.3 is 10.4 Å². The standard InChI is InChI=1S/C9H11N3O4S/c13-5-3-6-12(5)7(14)9(17-6,8(15)16)11-2-1-10-4-11/h6,10H,1-4H2,(H,15,16). The fraction of sp³-hybridized carbons (Fsp3) is 0.667. The Balaban J connectivity index is 1.98. The van der Waals surface area contributed by atoms with E-state index in [9.17, 15) is 19.5 Å². The highest BCUT2D eigenvalue weighted by Crippen LogP contribution is 2.49. The summed E-state index contributed by atoms with van der Waals surface area (Å²) in [6, 6.07) is 0. The highest BCUT2D eigenvalue weighted by molar-refractivity contribution is 8.03. The fourth-order valence-corrected chi connectivity index (χ4v) is 3.94. The van der Waals surface area contributed by atoms with E-state index >= 15 is 0 Å². The molecule has 92 valence electrons. The van der Waals surface area contributed by atoms with Gasteiger partial charge in [0.15, 0.2) is 0 Å². The minimum atomic E-state index is -1.61. The van der Waals surface area contributed by atoms with Crippen LogP contribution in [0.3, 0.4) is 0 Å². The summed E-state index contributed by atoms with van der Waals surface area (Å²) in [6.45, 7) is 1.51. The van der Waals surface area contributed by atoms with Gasteiger partial charge in [-0.1, -0.05) is 11.8 Å². The summed E-state index contributed by atoms with van der Waals surface area (Å²) in [6.07, 6.45) is 0.257. The van der Waals surface area contributed by atoms with Gasteiger partial charge in [-0.05, 0) is 0 Å². The van der Waals surface area contributed by atoms with Crippen molar-refractivity contribution in [2.24, 2.45) is 0 Å². The highest BCUT2D eigenvalue weighted by Gasteiger charge is 2.67. The zero-order valence-electron chi connectivity index (χ0n) is 8.88. The SMILES string of the molecule is O=C1CC2SC(C(=O)O)(N3CCNC3)C(=O)N12. The van der Waals surface area contributed by atoms with Crippen LogP contribution in [-0.2, 0) is 14.4 Å². The maximum absolute atomic E-state index is 12.2. The van der Waals surface area contributed by atoms with Crippen LogP contribution in [0.1, 0.15) is 6.42 Å². The molecule has 2 atom stereocenters. The predicted octanol–water partition coefficient (Wildman–Crippen LogP) is -1.54. The Hall–Kier alpha value is -1.12. The molecule has 0 aromatic heterocycles. The van der Waals surface area contributed by atoms with Gasteiger partial charge in [0.1, 0.15) is 0 Å². The molecule has 8 heteroatoms. The molecule has 0 saturated carbocycles. The first-order chi connectivity index (χ1) is 8.07. The van der Waals surface area contributed by atoms with Gasteiger partial charge in [0.2, 0.25) is 10.8 Å². The molecule has 17 heavy (non-hydrogen) atoms. The first-order valence-corrected chi connectivity index (χ1v) is 6.19. The number of carboxylic acids is 1. The minimum absolute atomic E-state index is 0.257. The summed E-state index contributed by atoms with van der Waals surface area (Å²) < 4.78 is 0. The maximum atomic E-state index is 12.2. The summed E-state index contributed by atoms with van der Waals surface area (Å²) in [4.78, 5) is 36.0. The van der Waals surface area contributed by atoms with Crippen LogP contribution in [-0.4, -0.2) is 62.7 Å². The molecule has 2 N–H and O–H groups in total. The number of fused-ring (bicyclic) bond motifs is 1. The number of nitrogens with zero attached hydrogens (tertiary/aromatic N) is 2. The monoisotopic (exact) mass is 257 g/mol. The van der Waals surface area contributed by atoms with Gasteiger partial charge in [0.25, 0.3) is 5.91 Å². The summed E-state index contributed by atoms with van der Waals surface area (Å²) in [5.41, 5.74) is 0. The van der Waals surface area contributed by atoms with Crippen molar-refractivity contribution in [2.75, 3.05) is 19.8 Å². The average Bonchev–Trinajstić information content (AvgIpc) is 2.82. The number of β-lactam (4-membered cyclic amide) rings is 1. The molecular formula is C9H11N3O4S. The Morgan fingerprint density at radius 2 is 2.29 bits per heavy atom. The van der Waals surface area contributed by atoms with Crippen molar-refractivity contribution in [3.63, 3.8) is 0 Å². The van der Waals surface area contributed by atoms with E-state index < -0.39 is 16.7 Å². The van der Waals surface area contributed by atoms with Crippen molar-refractivity contribution in [1.82, 2.24) is 15.1 Å². The van der Waals surface area contributed by atoms with Crippen molar-refractivity contribution < 1.29 is 19.5 Å². The second kappa shape index (κ2) is 3.44. The lowest BCUT2D eigenvalue weighted by Crippen LogP contribution is -2.59. The number of hydrogen-bond acceptors (Lipinski definition) is 6. The number of imide groups is 1. The molecular weight excluding hydrogens is 246 g/mol. The van der Waals surface area contributed by atoms with Crippen LogP contribution in [0.2, 0.25) is 0 Å². The van der Waals surface area contributed by atoms with Crippen molar-refractivity contribution in [3.05, 3.63) is 0 Å². The molecule has 0 bridgehead atoms. The lowest BCUT2D eigenvalue weighted by atomic mass is 10.1. The van der Waals surface area contributed by atoms with E-state index in [1.807, 2.05) is 0 Å². The zero-order chi connectivity index (χ0) is 12.2. The average molecular weight is 257 g/mol. The number of carbonyl (C=O) groups excluding carboxylic acids is 2. The van der Waals surface area contributed by atoms with E-state index in [-0.39, 0.29) is 17.7 Å². The number of carbonyl (C=O) groups is 3. The van der Waals surface area contributed by atoms with Gasteiger partial charge in [0.05, 0.1) is 18.5 Å². The third-order valence-electron chi connectivity index (χ3n) is 3.32. The van der Waals surface area contributed by atoms with Crippen molar-refractivity contribution in [3.8, 4) is 0 Å². The van der Waals surface area contributed by atoms with Gasteiger partial charge in [-0.2, -0.15) is 0 Å².